The molecule has 0 saturated carbocycles. The standard InChI is InChI=1S/C26H29ClF3NO5/c1-15(24(33)34)23(32)18-4-3-17-7-8-25(35-22(17)13-18)9-11-31(12-10-25)16(2)20-14-19(27)5-6-21(20)36-26(28,29)30/h3-6,13-16,23,32H,7-12H2,1-2H3,(H,33,34)/p-1/t15-,16?,23+/m0/s1. The smallest absolute Gasteiger partial charge is 0.550 e. The Bertz CT molecular complexity index is 1120. The molecule has 4 rings (SSSR count). The van der Waals surface area contributed by atoms with Gasteiger partial charge in [0.05, 0.1) is 6.10 Å². The predicted molar refractivity (Wildman–Crippen MR) is 125 cm³/mol. The molecule has 196 valence electrons. The van der Waals surface area contributed by atoms with Crippen LogP contribution in [0.5, 0.6) is 11.5 Å². The fraction of sp³-hybridized carbons (Fsp3) is 0.500. The van der Waals surface area contributed by atoms with Crippen LogP contribution in [0.3, 0.4) is 0 Å². The highest BCUT2D eigenvalue weighted by molar-refractivity contribution is 6.30. The van der Waals surface area contributed by atoms with Crippen molar-refractivity contribution in [1.29, 1.82) is 0 Å². The summed E-state index contributed by atoms with van der Waals surface area (Å²) in [7, 11) is 0. The number of ether oxygens (including phenoxy) is 2. The molecule has 1 unspecified atom stereocenters. The van der Waals surface area contributed by atoms with Crippen molar-refractivity contribution in [3.8, 4) is 11.5 Å². The molecule has 0 aromatic heterocycles. The monoisotopic (exact) mass is 526 g/mol. The molecule has 2 aliphatic rings. The van der Waals surface area contributed by atoms with Gasteiger partial charge in [0, 0.05) is 41.6 Å². The first-order chi connectivity index (χ1) is 16.9. The second-order valence-electron chi connectivity index (χ2n) is 9.65. The third-order valence-electron chi connectivity index (χ3n) is 7.36. The Labute approximate surface area is 212 Å². The lowest BCUT2D eigenvalue weighted by molar-refractivity contribution is -0.313. The Morgan fingerprint density at radius 3 is 2.50 bits per heavy atom. The average molecular weight is 527 g/mol. The van der Waals surface area contributed by atoms with Gasteiger partial charge in [-0.2, -0.15) is 0 Å². The van der Waals surface area contributed by atoms with Gasteiger partial charge in [0.15, 0.2) is 0 Å². The van der Waals surface area contributed by atoms with Crippen LogP contribution in [0.1, 0.15) is 61.9 Å². The third-order valence-corrected chi connectivity index (χ3v) is 7.59. The average Bonchev–Trinajstić information content (AvgIpc) is 2.83. The summed E-state index contributed by atoms with van der Waals surface area (Å²) in [6, 6.07) is 9.01. The Morgan fingerprint density at radius 2 is 1.86 bits per heavy atom. The SMILES string of the molecule is CC(c1cc(Cl)ccc1OC(F)(F)F)N1CCC2(CCc3ccc([C@H](O)[C@H](C)C(=O)[O-])cc3O2)CC1. The van der Waals surface area contributed by atoms with Crippen molar-refractivity contribution in [3.63, 3.8) is 0 Å². The van der Waals surface area contributed by atoms with Gasteiger partial charge in [0.2, 0.25) is 0 Å². The highest BCUT2D eigenvalue weighted by Crippen LogP contribution is 2.43. The van der Waals surface area contributed by atoms with Gasteiger partial charge in [-0.25, -0.2) is 0 Å². The normalized spacial score (nSPS) is 20.2. The number of rotatable bonds is 6. The maximum atomic E-state index is 12.9. The van der Waals surface area contributed by atoms with E-state index in [0.29, 0.717) is 47.8 Å². The van der Waals surface area contributed by atoms with E-state index in [9.17, 15) is 28.2 Å². The van der Waals surface area contributed by atoms with Crippen LogP contribution in [0.4, 0.5) is 13.2 Å². The van der Waals surface area contributed by atoms with E-state index >= 15 is 0 Å². The number of aryl methyl sites for hydroxylation is 1. The van der Waals surface area contributed by atoms with E-state index in [1.54, 1.807) is 12.1 Å². The number of benzene rings is 2. The van der Waals surface area contributed by atoms with Crippen LogP contribution >= 0.6 is 11.6 Å². The summed E-state index contributed by atoms with van der Waals surface area (Å²) in [4.78, 5) is 13.2. The van der Waals surface area contributed by atoms with Gasteiger partial charge >= 0.3 is 6.36 Å². The molecule has 2 aromatic carbocycles. The molecule has 0 aliphatic carbocycles. The number of carboxylic acid groups (broad SMARTS) is 1. The summed E-state index contributed by atoms with van der Waals surface area (Å²) < 4.78 is 49.4. The number of likely N-dealkylation sites (tertiary alicyclic amines) is 1. The summed E-state index contributed by atoms with van der Waals surface area (Å²) in [5.74, 6) is -2.04. The number of hydrogen-bond donors (Lipinski definition) is 1. The van der Waals surface area contributed by atoms with Crippen LogP contribution in [-0.4, -0.2) is 41.0 Å². The summed E-state index contributed by atoms with van der Waals surface area (Å²) in [5.41, 5.74) is 1.37. The molecule has 0 amide bonds. The van der Waals surface area contributed by atoms with E-state index in [1.165, 1.54) is 25.1 Å². The first-order valence-electron chi connectivity index (χ1n) is 11.9. The third kappa shape index (κ3) is 5.74. The first kappa shape index (κ1) is 26.6. The quantitative estimate of drug-likeness (QED) is 0.593. The maximum absolute atomic E-state index is 12.9. The first-order valence-corrected chi connectivity index (χ1v) is 12.3. The number of carbonyl (C=O) groups is 1. The molecule has 2 aromatic rings. The largest absolute Gasteiger partial charge is 0.573 e. The lowest BCUT2D eigenvalue weighted by atomic mass is 9.82. The predicted octanol–water partition coefficient (Wildman–Crippen LogP) is 4.58. The van der Waals surface area contributed by atoms with Crippen LogP contribution in [0.15, 0.2) is 36.4 Å². The van der Waals surface area contributed by atoms with Crippen molar-refractivity contribution in [2.24, 2.45) is 5.92 Å². The van der Waals surface area contributed by atoms with Crippen LogP contribution in [0.25, 0.3) is 0 Å². The van der Waals surface area contributed by atoms with Crippen LogP contribution < -0.4 is 14.6 Å². The second kappa shape index (κ2) is 10.1. The lowest BCUT2D eigenvalue weighted by Crippen LogP contribution is -2.50. The molecule has 6 nitrogen and oxygen atoms in total. The Kier molecular flexibility index (Phi) is 7.46. The summed E-state index contributed by atoms with van der Waals surface area (Å²) >= 11 is 6.08. The van der Waals surface area contributed by atoms with Crippen molar-refractivity contribution in [2.75, 3.05) is 13.1 Å². The van der Waals surface area contributed by atoms with Crippen LogP contribution in [-0.2, 0) is 11.2 Å². The highest BCUT2D eigenvalue weighted by Gasteiger charge is 2.41. The topological polar surface area (TPSA) is 82.1 Å². The number of alkyl halides is 3. The minimum atomic E-state index is -4.80. The van der Waals surface area contributed by atoms with E-state index < -0.39 is 30.0 Å². The molecule has 0 radical (unpaired) electrons. The number of aliphatic hydroxyl groups is 1. The van der Waals surface area contributed by atoms with Crippen molar-refractivity contribution < 1.29 is 37.7 Å². The summed E-state index contributed by atoms with van der Waals surface area (Å²) in [6.07, 6.45) is -3.13. The zero-order chi connectivity index (χ0) is 26.3. The molecule has 2 aliphatic heterocycles. The van der Waals surface area contributed by atoms with Crippen molar-refractivity contribution in [2.45, 2.75) is 63.6 Å². The zero-order valence-corrected chi connectivity index (χ0v) is 20.7. The second-order valence-corrected chi connectivity index (χ2v) is 10.1. The van der Waals surface area contributed by atoms with Gasteiger partial charge < -0.3 is 24.5 Å². The molecule has 36 heavy (non-hydrogen) atoms. The molecule has 1 saturated heterocycles. The number of carbonyl (C=O) groups excluding carboxylic acids is 1. The van der Waals surface area contributed by atoms with E-state index in [0.717, 1.165) is 18.4 Å². The van der Waals surface area contributed by atoms with Gasteiger partial charge in [-0.15, -0.1) is 13.2 Å². The minimum Gasteiger partial charge on any atom is -0.550 e. The van der Waals surface area contributed by atoms with Gasteiger partial charge in [-0.3, -0.25) is 4.90 Å². The molecule has 1 N–H and O–H groups in total. The molecule has 1 spiro atoms. The fourth-order valence-electron chi connectivity index (χ4n) is 5.05. The van der Waals surface area contributed by atoms with Crippen molar-refractivity contribution in [1.82, 2.24) is 4.90 Å². The van der Waals surface area contributed by atoms with Crippen LogP contribution in [0, 0.1) is 5.92 Å². The van der Waals surface area contributed by atoms with Crippen molar-refractivity contribution >= 4 is 17.6 Å². The number of halogens is 4. The van der Waals surface area contributed by atoms with Crippen molar-refractivity contribution in [3.05, 3.63) is 58.1 Å². The Morgan fingerprint density at radius 1 is 1.17 bits per heavy atom. The van der Waals surface area contributed by atoms with Gasteiger partial charge in [0.25, 0.3) is 0 Å². The van der Waals surface area contributed by atoms with Gasteiger partial charge in [-0.1, -0.05) is 30.7 Å². The number of nitrogens with zero attached hydrogens (tertiary/aromatic N) is 1. The van der Waals surface area contributed by atoms with Gasteiger partial charge in [-0.05, 0) is 68.0 Å². The number of carboxylic acids is 1. The summed E-state index contributed by atoms with van der Waals surface area (Å²) in [6.45, 7) is 4.41. The molecular weight excluding hydrogens is 499 g/mol. The van der Waals surface area contributed by atoms with E-state index in [2.05, 4.69) is 9.64 Å². The number of piperidine rings is 1. The van der Waals surface area contributed by atoms with E-state index in [4.69, 9.17) is 16.3 Å². The lowest BCUT2D eigenvalue weighted by Gasteiger charge is -2.46. The van der Waals surface area contributed by atoms with Gasteiger partial charge in [0.1, 0.15) is 17.1 Å². The molecule has 1 fully saturated rings. The minimum absolute atomic E-state index is 0.264. The number of aliphatic carboxylic acids is 1. The van der Waals surface area contributed by atoms with E-state index in [1.807, 2.05) is 13.0 Å². The Hall–Kier alpha value is -2.49. The van der Waals surface area contributed by atoms with Crippen LogP contribution in [0.2, 0.25) is 5.02 Å². The number of hydrogen-bond acceptors (Lipinski definition) is 6. The van der Waals surface area contributed by atoms with E-state index in [-0.39, 0.29) is 11.8 Å². The Balaban J connectivity index is 1.47. The fourth-order valence-corrected chi connectivity index (χ4v) is 5.23. The highest BCUT2D eigenvalue weighted by atomic mass is 35.5. The molecule has 3 atom stereocenters. The molecule has 2 heterocycles. The molecular formula is C26H28ClF3NO5-. The number of fused-ring (bicyclic) bond motifs is 1. The maximum Gasteiger partial charge on any atom is 0.573 e. The zero-order valence-electron chi connectivity index (χ0n) is 20.0. The molecule has 0 bridgehead atoms. The number of aliphatic hydroxyl groups excluding tert-OH is 1. The summed E-state index contributed by atoms with van der Waals surface area (Å²) in [5, 5.41) is 21.9. The molecule has 10 heteroatoms.